The summed E-state index contributed by atoms with van der Waals surface area (Å²) in [5, 5.41) is 0. The van der Waals surface area contributed by atoms with Gasteiger partial charge in [-0.1, -0.05) is 24.3 Å². The van der Waals surface area contributed by atoms with E-state index >= 15 is 0 Å². The van der Waals surface area contributed by atoms with E-state index in [-0.39, 0.29) is 11.1 Å². The number of benzene rings is 2. The van der Waals surface area contributed by atoms with Crippen LogP contribution < -0.4 is 0 Å². The Morgan fingerprint density at radius 2 is 1.64 bits per heavy atom. The van der Waals surface area contributed by atoms with Gasteiger partial charge in [-0.15, -0.1) is 0 Å². The molecule has 0 spiro atoms. The molecule has 22 heavy (non-hydrogen) atoms. The molecule has 0 amide bonds. The van der Waals surface area contributed by atoms with Crippen molar-refractivity contribution >= 4 is 23.8 Å². The molecule has 0 bridgehead atoms. The van der Waals surface area contributed by atoms with E-state index in [0.29, 0.717) is 5.56 Å². The predicted molar refractivity (Wildman–Crippen MR) is 82.8 cm³/mol. The van der Waals surface area contributed by atoms with Crippen LogP contribution in [0.3, 0.4) is 0 Å². The zero-order valence-electron chi connectivity index (χ0n) is 12.3. The fourth-order valence-electron chi connectivity index (χ4n) is 1.86. The largest absolute Gasteiger partial charge is 0.465 e. The molecule has 0 heterocycles. The smallest absolute Gasteiger partial charge is 0.338 e. The van der Waals surface area contributed by atoms with Crippen molar-refractivity contribution < 1.29 is 19.1 Å². The van der Waals surface area contributed by atoms with Gasteiger partial charge in [0.2, 0.25) is 0 Å². The minimum absolute atomic E-state index is 0.255. The summed E-state index contributed by atoms with van der Waals surface area (Å²) in [6, 6.07) is 14.0. The Hall–Kier alpha value is -2.95. The quantitative estimate of drug-likeness (QED) is 0.642. The van der Waals surface area contributed by atoms with Crippen molar-refractivity contribution in [3.63, 3.8) is 0 Å². The number of methoxy groups -OCH3 is 2. The van der Waals surface area contributed by atoms with E-state index in [2.05, 4.69) is 9.73 Å². The Balaban J connectivity index is 2.40. The van der Waals surface area contributed by atoms with Crippen LogP contribution in [0.2, 0.25) is 0 Å². The second-order valence-electron chi connectivity index (χ2n) is 4.38. The Morgan fingerprint density at radius 1 is 0.955 bits per heavy atom. The van der Waals surface area contributed by atoms with Crippen LogP contribution in [0.15, 0.2) is 53.5 Å². The van der Waals surface area contributed by atoms with Gasteiger partial charge in [0.25, 0.3) is 0 Å². The van der Waals surface area contributed by atoms with Gasteiger partial charge in [0, 0.05) is 11.8 Å². The van der Waals surface area contributed by atoms with Gasteiger partial charge in [0.05, 0.1) is 31.0 Å². The van der Waals surface area contributed by atoms with E-state index in [4.69, 9.17) is 4.74 Å². The summed E-state index contributed by atoms with van der Waals surface area (Å²) in [4.78, 5) is 27.7. The Labute approximate surface area is 128 Å². The van der Waals surface area contributed by atoms with Crippen LogP contribution in [0.25, 0.3) is 0 Å². The monoisotopic (exact) mass is 297 g/mol. The van der Waals surface area contributed by atoms with Crippen LogP contribution in [-0.4, -0.2) is 32.4 Å². The molecule has 0 N–H and O–H groups in total. The number of carbonyl (C=O) groups is 2. The number of hydrogen-bond acceptors (Lipinski definition) is 5. The van der Waals surface area contributed by atoms with E-state index in [1.54, 1.807) is 18.3 Å². The first-order valence-electron chi connectivity index (χ1n) is 6.55. The topological polar surface area (TPSA) is 65.0 Å². The molecule has 2 aromatic carbocycles. The summed E-state index contributed by atoms with van der Waals surface area (Å²) < 4.78 is 9.39. The zero-order chi connectivity index (χ0) is 15.9. The third-order valence-corrected chi connectivity index (χ3v) is 2.99. The summed E-state index contributed by atoms with van der Waals surface area (Å²) >= 11 is 0. The third kappa shape index (κ3) is 3.58. The zero-order valence-corrected chi connectivity index (χ0v) is 12.3. The van der Waals surface area contributed by atoms with Crippen LogP contribution in [0.5, 0.6) is 0 Å². The molecule has 0 radical (unpaired) electrons. The summed E-state index contributed by atoms with van der Waals surface area (Å²) in [7, 11) is 2.57. The molecular formula is C17H15NO4. The highest BCUT2D eigenvalue weighted by Gasteiger charge is 2.15. The molecule has 2 aromatic rings. The molecule has 0 unspecified atom stereocenters. The third-order valence-electron chi connectivity index (χ3n) is 2.99. The number of esters is 2. The highest BCUT2D eigenvalue weighted by Crippen LogP contribution is 2.15. The minimum Gasteiger partial charge on any atom is -0.465 e. The SMILES string of the molecule is COC(=O)c1ccc(/C=N/c2ccccc2)c(C(=O)OC)c1. The average molecular weight is 297 g/mol. The van der Waals surface area contributed by atoms with E-state index in [1.165, 1.54) is 20.3 Å². The lowest BCUT2D eigenvalue weighted by Gasteiger charge is -2.06. The number of aliphatic imine (C=N–C) groups is 1. The molecule has 5 heteroatoms. The van der Waals surface area contributed by atoms with Crippen molar-refractivity contribution in [3.8, 4) is 0 Å². The van der Waals surface area contributed by atoms with Gasteiger partial charge in [-0.3, -0.25) is 4.99 Å². The summed E-state index contributed by atoms with van der Waals surface area (Å²) in [6.45, 7) is 0. The Bertz CT molecular complexity index is 708. The van der Waals surface area contributed by atoms with Crippen LogP contribution in [0.4, 0.5) is 5.69 Å². The molecule has 0 saturated heterocycles. The fourth-order valence-corrected chi connectivity index (χ4v) is 1.86. The van der Waals surface area contributed by atoms with Crippen LogP contribution >= 0.6 is 0 Å². The summed E-state index contributed by atoms with van der Waals surface area (Å²) in [5.74, 6) is -1.06. The van der Waals surface area contributed by atoms with Gasteiger partial charge < -0.3 is 9.47 Å². The lowest BCUT2D eigenvalue weighted by Crippen LogP contribution is -2.09. The molecule has 0 fully saturated rings. The maximum absolute atomic E-state index is 11.9. The van der Waals surface area contributed by atoms with E-state index in [0.717, 1.165) is 5.69 Å². The predicted octanol–water partition coefficient (Wildman–Crippen LogP) is 3.01. The lowest BCUT2D eigenvalue weighted by atomic mass is 10.0. The molecule has 0 aliphatic heterocycles. The maximum Gasteiger partial charge on any atom is 0.338 e. The molecule has 0 aromatic heterocycles. The number of hydrogen-bond donors (Lipinski definition) is 0. The normalized spacial score (nSPS) is 10.5. The van der Waals surface area contributed by atoms with Crippen molar-refractivity contribution in [1.29, 1.82) is 0 Å². The molecule has 0 aliphatic rings. The van der Waals surface area contributed by atoms with Gasteiger partial charge in [0.15, 0.2) is 0 Å². The van der Waals surface area contributed by atoms with Gasteiger partial charge in [0.1, 0.15) is 0 Å². The van der Waals surface area contributed by atoms with Crippen molar-refractivity contribution in [2.45, 2.75) is 0 Å². The minimum atomic E-state index is -0.541. The molecule has 5 nitrogen and oxygen atoms in total. The summed E-state index contributed by atoms with van der Waals surface area (Å²) in [5.41, 5.74) is 1.85. The number of nitrogens with zero attached hydrogens (tertiary/aromatic N) is 1. The van der Waals surface area contributed by atoms with E-state index in [9.17, 15) is 9.59 Å². The lowest BCUT2D eigenvalue weighted by molar-refractivity contribution is 0.0599. The number of ether oxygens (including phenoxy) is 2. The number of rotatable bonds is 4. The summed E-state index contributed by atoms with van der Waals surface area (Å²) in [6.07, 6.45) is 1.56. The highest BCUT2D eigenvalue weighted by molar-refractivity contribution is 6.02. The van der Waals surface area contributed by atoms with Crippen LogP contribution in [0.1, 0.15) is 26.3 Å². The second kappa shape index (κ2) is 7.17. The maximum atomic E-state index is 11.9. The molecular weight excluding hydrogens is 282 g/mol. The highest BCUT2D eigenvalue weighted by atomic mass is 16.5. The van der Waals surface area contributed by atoms with Gasteiger partial charge in [-0.25, -0.2) is 9.59 Å². The standard InChI is InChI=1S/C17H15NO4/c1-21-16(19)12-8-9-13(15(10-12)17(20)22-2)11-18-14-6-4-3-5-7-14/h3-11H,1-2H3/b18-11+. The van der Waals surface area contributed by atoms with Gasteiger partial charge in [-0.05, 0) is 24.3 Å². The molecule has 0 atom stereocenters. The number of carbonyl (C=O) groups excluding carboxylic acids is 2. The van der Waals surface area contributed by atoms with E-state index in [1.807, 2.05) is 30.3 Å². The number of para-hydroxylation sites is 1. The molecule has 0 saturated carbocycles. The van der Waals surface area contributed by atoms with Crippen molar-refractivity contribution in [3.05, 3.63) is 65.2 Å². The van der Waals surface area contributed by atoms with Gasteiger partial charge >= 0.3 is 11.9 Å². The molecule has 0 aliphatic carbocycles. The van der Waals surface area contributed by atoms with Crippen molar-refractivity contribution in [2.24, 2.45) is 4.99 Å². The van der Waals surface area contributed by atoms with Gasteiger partial charge in [-0.2, -0.15) is 0 Å². The first-order valence-corrected chi connectivity index (χ1v) is 6.55. The van der Waals surface area contributed by atoms with Crippen LogP contribution in [-0.2, 0) is 9.47 Å². The van der Waals surface area contributed by atoms with Crippen molar-refractivity contribution in [1.82, 2.24) is 0 Å². The Morgan fingerprint density at radius 3 is 2.27 bits per heavy atom. The fraction of sp³-hybridized carbons (Fsp3) is 0.118. The first kappa shape index (κ1) is 15.4. The average Bonchev–Trinajstić information content (AvgIpc) is 2.59. The van der Waals surface area contributed by atoms with Crippen LogP contribution in [0, 0.1) is 0 Å². The first-order chi connectivity index (χ1) is 10.7. The van der Waals surface area contributed by atoms with Crippen molar-refractivity contribution in [2.75, 3.05) is 14.2 Å². The molecule has 2 rings (SSSR count). The second-order valence-corrected chi connectivity index (χ2v) is 4.38. The Kier molecular flexibility index (Phi) is 5.03. The molecule has 112 valence electrons. The van der Waals surface area contributed by atoms with E-state index < -0.39 is 11.9 Å².